The van der Waals surface area contributed by atoms with Gasteiger partial charge in [0.1, 0.15) is 16.9 Å². The summed E-state index contributed by atoms with van der Waals surface area (Å²) < 4.78 is 8.29. The fourth-order valence-corrected chi connectivity index (χ4v) is 4.44. The van der Waals surface area contributed by atoms with E-state index in [1.54, 1.807) is 11.9 Å². The van der Waals surface area contributed by atoms with Gasteiger partial charge >= 0.3 is 5.69 Å². The summed E-state index contributed by atoms with van der Waals surface area (Å²) in [4.78, 5) is 47.4. The molecule has 1 amide bonds. The summed E-state index contributed by atoms with van der Waals surface area (Å²) in [6, 6.07) is 7.62. The molecule has 1 aromatic carbocycles. The van der Waals surface area contributed by atoms with Gasteiger partial charge in [0.25, 0.3) is 11.5 Å². The number of carbonyl (C=O) groups excluding carboxylic acids is 1. The van der Waals surface area contributed by atoms with Gasteiger partial charge in [-0.1, -0.05) is 18.2 Å². The molecule has 0 aliphatic carbocycles. The molecule has 5 rings (SSSR count). The van der Waals surface area contributed by atoms with Crippen molar-refractivity contribution >= 4 is 28.0 Å². The van der Waals surface area contributed by atoms with Gasteiger partial charge in [-0.05, 0) is 25.8 Å². The second-order valence-corrected chi connectivity index (χ2v) is 8.17. The molecule has 1 fully saturated rings. The number of aromatic nitrogens is 4. The lowest BCUT2D eigenvalue weighted by molar-refractivity contribution is 0.0674. The first-order valence-electron chi connectivity index (χ1n) is 10.3. The van der Waals surface area contributed by atoms with E-state index in [2.05, 4.69) is 9.97 Å². The number of likely N-dealkylation sites (tertiary alicyclic amines) is 1. The molecule has 4 aromatic rings. The Hall–Kier alpha value is -3.62. The molecule has 0 spiro atoms. The van der Waals surface area contributed by atoms with E-state index in [9.17, 15) is 14.4 Å². The average Bonchev–Trinajstić information content (AvgIpc) is 3.38. The predicted molar refractivity (Wildman–Crippen MR) is 115 cm³/mol. The number of furan rings is 1. The Balaban J connectivity index is 1.48. The molecule has 1 aliphatic heterocycles. The van der Waals surface area contributed by atoms with Crippen LogP contribution in [0, 0.1) is 6.92 Å². The van der Waals surface area contributed by atoms with Crippen LogP contribution in [0.3, 0.4) is 0 Å². The number of piperidine rings is 1. The van der Waals surface area contributed by atoms with Crippen molar-refractivity contribution in [3.63, 3.8) is 0 Å². The van der Waals surface area contributed by atoms with E-state index < -0.39 is 11.2 Å². The Morgan fingerprint density at radius 2 is 1.97 bits per heavy atom. The third-order valence-corrected chi connectivity index (χ3v) is 6.25. The molecular formula is C22H23N5O4. The highest BCUT2D eigenvalue weighted by atomic mass is 16.3. The van der Waals surface area contributed by atoms with Gasteiger partial charge in [-0.3, -0.25) is 18.7 Å². The normalized spacial score (nSPS) is 17.0. The highest BCUT2D eigenvalue weighted by Gasteiger charge is 2.30. The molecule has 31 heavy (non-hydrogen) atoms. The maximum Gasteiger partial charge on any atom is 0.332 e. The molecule has 1 N–H and O–H groups in total. The molecule has 1 atom stereocenters. The summed E-state index contributed by atoms with van der Waals surface area (Å²) in [7, 11) is 3.04. The monoisotopic (exact) mass is 421 g/mol. The Kier molecular flexibility index (Phi) is 4.35. The van der Waals surface area contributed by atoms with E-state index in [1.807, 2.05) is 31.2 Å². The van der Waals surface area contributed by atoms with Gasteiger partial charge in [0.15, 0.2) is 11.4 Å². The summed E-state index contributed by atoms with van der Waals surface area (Å²) in [5, 5.41) is 0.938. The second kappa shape index (κ2) is 6.97. The molecule has 4 heterocycles. The van der Waals surface area contributed by atoms with Crippen LogP contribution >= 0.6 is 0 Å². The van der Waals surface area contributed by atoms with E-state index in [-0.39, 0.29) is 11.8 Å². The van der Waals surface area contributed by atoms with Gasteiger partial charge in [0.2, 0.25) is 0 Å². The zero-order valence-electron chi connectivity index (χ0n) is 17.6. The lowest BCUT2D eigenvalue weighted by atomic mass is 9.97. The van der Waals surface area contributed by atoms with Crippen molar-refractivity contribution in [3.05, 3.63) is 62.3 Å². The van der Waals surface area contributed by atoms with Crippen molar-refractivity contribution in [2.75, 3.05) is 13.1 Å². The topological polar surface area (TPSA) is 106 Å². The summed E-state index contributed by atoms with van der Waals surface area (Å²) in [6.07, 6.45) is 1.64. The molecule has 0 radical (unpaired) electrons. The standard InChI is InChI=1S/C22H23N5O4/c1-12-14-8-4-5-9-15(14)31-17(12)21(29)27-10-6-7-13(11-27)18-23-16-19(24-18)25(2)22(30)26(3)20(16)28/h4-5,8-9,13H,6-7,10-11H2,1-3H3,(H,23,24). The highest BCUT2D eigenvalue weighted by Crippen LogP contribution is 2.30. The quantitative estimate of drug-likeness (QED) is 0.533. The molecule has 3 aromatic heterocycles. The smallest absolute Gasteiger partial charge is 0.332 e. The van der Waals surface area contributed by atoms with Crippen LogP contribution in [0.4, 0.5) is 0 Å². The molecule has 9 heteroatoms. The van der Waals surface area contributed by atoms with Crippen LogP contribution in [0.15, 0.2) is 38.3 Å². The number of aromatic amines is 1. The Labute approximate surface area is 176 Å². The maximum absolute atomic E-state index is 13.2. The molecular weight excluding hydrogens is 398 g/mol. The predicted octanol–water partition coefficient (Wildman–Crippen LogP) is 2.03. The van der Waals surface area contributed by atoms with E-state index >= 15 is 0 Å². The third kappa shape index (κ3) is 2.91. The first-order valence-corrected chi connectivity index (χ1v) is 10.3. The number of H-pyrrole nitrogens is 1. The van der Waals surface area contributed by atoms with Gasteiger partial charge in [0, 0.05) is 44.1 Å². The first kappa shape index (κ1) is 19.3. The number of fused-ring (bicyclic) bond motifs is 2. The molecule has 0 bridgehead atoms. The zero-order chi connectivity index (χ0) is 21.9. The fourth-order valence-electron chi connectivity index (χ4n) is 4.44. The zero-order valence-corrected chi connectivity index (χ0v) is 17.6. The Morgan fingerprint density at radius 1 is 1.19 bits per heavy atom. The summed E-state index contributed by atoms with van der Waals surface area (Å²) in [6.45, 7) is 2.99. The van der Waals surface area contributed by atoms with Crippen molar-refractivity contribution in [1.29, 1.82) is 0 Å². The third-order valence-electron chi connectivity index (χ3n) is 6.25. The number of hydrogen-bond acceptors (Lipinski definition) is 5. The van der Waals surface area contributed by atoms with Crippen molar-refractivity contribution in [2.24, 2.45) is 14.1 Å². The van der Waals surface area contributed by atoms with Crippen LogP contribution in [0.1, 0.15) is 40.7 Å². The molecule has 1 unspecified atom stereocenters. The lowest BCUT2D eigenvalue weighted by Gasteiger charge is -2.31. The molecule has 1 aliphatic rings. The molecule has 160 valence electrons. The summed E-state index contributed by atoms with van der Waals surface area (Å²) >= 11 is 0. The van der Waals surface area contributed by atoms with E-state index in [1.165, 1.54) is 11.6 Å². The SMILES string of the molecule is Cc1c(C(=O)N2CCCC(c3nc4c([nH]3)c(=O)n(C)c(=O)n4C)C2)oc2ccccc12. The number of carbonyl (C=O) groups is 1. The number of amides is 1. The fraction of sp³-hybridized carbons (Fsp3) is 0.364. The number of para-hydroxylation sites is 1. The Bertz CT molecular complexity index is 1450. The van der Waals surface area contributed by atoms with E-state index in [4.69, 9.17) is 4.42 Å². The van der Waals surface area contributed by atoms with Gasteiger partial charge in [0.05, 0.1) is 0 Å². The van der Waals surface area contributed by atoms with Crippen LogP contribution < -0.4 is 11.2 Å². The van der Waals surface area contributed by atoms with E-state index in [0.29, 0.717) is 41.4 Å². The van der Waals surface area contributed by atoms with Gasteiger partial charge < -0.3 is 14.3 Å². The number of nitrogens with zero attached hydrogens (tertiary/aromatic N) is 4. The minimum absolute atomic E-state index is 0.0606. The minimum Gasteiger partial charge on any atom is -0.451 e. The van der Waals surface area contributed by atoms with Crippen molar-refractivity contribution in [2.45, 2.75) is 25.7 Å². The van der Waals surface area contributed by atoms with Gasteiger partial charge in [-0.2, -0.15) is 0 Å². The van der Waals surface area contributed by atoms with Crippen molar-refractivity contribution < 1.29 is 9.21 Å². The maximum atomic E-state index is 13.2. The number of rotatable bonds is 2. The number of imidazole rings is 1. The Morgan fingerprint density at radius 3 is 2.74 bits per heavy atom. The molecule has 1 saturated heterocycles. The molecule has 9 nitrogen and oxygen atoms in total. The second-order valence-electron chi connectivity index (χ2n) is 8.17. The summed E-state index contributed by atoms with van der Waals surface area (Å²) in [5.74, 6) is 0.780. The van der Waals surface area contributed by atoms with Gasteiger partial charge in [-0.25, -0.2) is 9.78 Å². The number of aryl methyl sites for hydroxylation is 2. The van der Waals surface area contributed by atoms with Crippen LogP contribution in [0.5, 0.6) is 0 Å². The summed E-state index contributed by atoms with van der Waals surface area (Å²) in [5.41, 5.74) is 1.35. The van der Waals surface area contributed by atoms with Crippen LogP contribution in [-0.2, 0) is 14.1 Å². The first-order chi connectivity index (χ1) is 14.9. The lowest BCUT2D eigenvalue weighted by Crippen LogP contribution is -2.39. The number of benzene rings is 1. The molecule has 0 saturated carbocycles. The largest absolute Gasteiger partial charge is 0.451 e. The van der Waals surface area contributed by atoms with Crippen LogP contribution in [0.25, 0.3) is 22.1 Å². The highest BCUT2D eigenvalue weighted by molar-refractivity contribution is 5.99. The van der Waals surface area contributed by atoms with Crippen LogP contribution in [-0.4, -0.2) is 43.0 Å². The van der Waals surface area contributed by atoms with Crippen LogP contribution in [0.2, 0.25) is 0 Å². The van der Waals surface area contributed by atoms with Crippen molar-refractivity contribution in [1.82, 2.24) is 24.0 Å². The minimum atomic E-state index is -0.420. The number of hydrogen-bond donors (Lipinski definition) is 1. The van der Waals surface area contributed by atoms with Crippen molar-refractivity contribution in [3.8, 4) is 0 Å². The van der Waals surface area contributed by atoms with Gasteiger partial charge in [-0.15, -0.1) is 0 Å². The van der Waals surface area contributed by atoms with E-state index in [0.717, 1.165) is 28.4 Å². The number of nitrogens with one attached hydrogen (secondary N) is 1. The average molecular weight is 421 g/mol.